The zero-order chi connectivity index (χ0) is 12.3. The fourth-order valence-electron chi connectivity index (χ4n) is 2.01. The molecule has 92 valence electrons. The normalized spacial score (nSPS) is 19.8. The Bertz CT molecular complexity index is 408. The highest BCUT2D eigenvalue weighted by atomic mass is 79.9. The summed E-state index contributed by atoms with van der Waals surface area (Å²) in [6.07, 6.45) is 0.594. The lowest BCUT2D eigenvalue weighted by Crippen LogP contribution is -2.24. The minimum Gasteiger partial charge on any atom is -0.494 e. The average Bonchev–Trinajstić information content (AvgIpc) is 2.61. The lowest BCUT2D eigenvalue weighted by atomic mass is 10.2. The van der Waals surface area contributed by atoms with Crippen molar-refractivity contribution in [2.24, 2.45) is 0 Å². The lowest BCUT2D eigenvalue weighted by molar-refractivity contribution is -0.128. The fraction of sp³-hybridized carbons (Fsp3) is 0.462. The zero-order valence-electron chi connectivity index (χ0n) is 9.86. The predicted molar refractivity (Wildman–Crippen MR) is 70.4 cm³/mol. The van der Waals surface area contributed by atoms with Crippen molar-refractivity contribution in [3.8, 4) is 5.75 Å². The van der Waals surface area contributed by atoms with E-state index in [0.29, 0.717) is 19.6 Å². The Morgan fingerprint density at radius 2 is 2.24 bits per heavy atom. The topological polar surface area (TPSA) is 29.5 Å². The molecule has 0 aromatic heterocycles. The zero-order valence-corrected chi connectivity index (χ0v) is 11.4. The molecule has 1 unspecified atom stereocenters. The summed E-state index contributed by atoms with van der Waals surface area (Å²) in [5.41, 5.74) is 1.07. The lowest BCUT2D eigenvalue weighted by Gasteiger charge is -2.18. The maximum absolute atomic E-state index is 11.7. The molecule has 1 amide bonds. The summed E-state index contributed by atoms with van der Waals surface area (Å²) in [7, 11) is 0. The molecule has 1 aromatic rings. The van der Waals surface area contributed by atoms with E-state index in [1.54, 1.807) is 0 Å². The van der Waals surface area contributed by atoms with Crippen molar-refractivity contribution in [1.82, 2.24) is 4.90 Å². The van der Waals surface area contributed by atoms with E-state index in [1.807, 2.05) is 36.1 Å². The van der Waals surface area contributed by atoms with Crippen molar-refractivity contribution >= 4 is 21.8 Å². The molecule has 1 fully saturated rings. The molecule has 0 saturated carbocycles. The number of ether oxygens (including phenoxy) is 1. The number of hydrogen-bond acceptors (Lipinski definition) is 2. The molecule has 17 heavy (non-hydrogen) atoms. The monoisotopic (exact) mass is 297 g/mol. The van der Waals surface area contributed by atoms with Gasteiger partial charge in [0.15, 0.2) is 0 Å². The summed E-state index contributed by atoms with van der Waals surface area (Å²) in [6.45, 7) is 4.02. The van der Waals surface area contributed by atoms with Crippen molar-refractivity contribution in [3.63, 3.8) is 0 Å². The molecular weight excluding hydrogens is 282 g/mol. The first-order chi connectivity index (χ1) is 8.20. The van der Waals surface area contributed by atoms with Crippen LogP contribution in [0.2, 0.25) is 0 Å². The van der Waals surface area contributed by atoms with E-state index in [4.69, 9.17) is 4.74 Å². The number of carbonyl (C=O) groups excluding carboxylic acids is 1. The largest absolute Gasteiger partial charge is 0.494 e. The molecule has 1 saturated heterocycles. The van der Waals surface area contributed by atoms with E-state index in [-0.39, 0.29) is 10.7 Å². The minimum atomic E-state index is 0.207. The van der Waals surface area contributed by atoms with Gasteiger partial charge >= 0.3 is 0 Å². The van der Waals surface area contributed by atoms with Gasteiger partial charge < -0.3 is 9.64 Å². The van der Waals surface area contributed by atoms with E-state index >= 15 is 0 Å². The van der Waals surface area contributed by atoms with E-state index in [0.717, 1.165) is 17.9 Å². The number of carbonyl (C=O) groups is 1. The van der Waals surface area contributed by atoms with Crippen LogP contribution >= 0.6 is 15.9 Å². The third-order valence-electron chi connectivity index (χ3n) is 2.80. The van der Waals surface area contributed by atoms with E-state index in [1.165, 1.54) is 0 Å². The summed E-state index contributed by atoms with van der Waals surface area (Å²) >= 11 is 3.49. The molecule has 3 nitrogen and oxygen atoms in total. The van der Waals surface area contributed by atoms with Crippen molar-refractivity contribution in [1.29, 1.82) is 0 Å². The minimum absolute atomic E-state index is 0.207. The molecule has 1 aliphatic heterocycles. The number of amides is 1. The number of rotatable bonds is 4. The quantitative estimate of drug-likeness (QED) is 0.800. The Hall–Kier alpha value is -1.03. The predicted octanol–water partition coefficient (Wildman–Crippen LogP) is 2.58. The summed E-state index contributed by atoms with van der Waals surface area (Å²) in [6, 6.07) is 7.89. The standard InChI is InChI=1S/C13H16BrNO2/c1-2-17-12-6-4-3-5-10(12)8-15-9-11(14)7-13(15)16/h3-6,11H,2,7-9H2,1H3. The van der Waals surface area contributed by atoms with Crippen molar-refractivity contribution in [2.75, 3.05) is 13.2 Å². The van der Waals surface area contributed by atoms with Gasteiger partial charge in [0.1, 0.15) is 5.75 Å². The van der Waals surface area contributed by atoms with Crippen molar-refractivity contribution in [2.45, 2.75) is 24.7 Å². The molecule has 4 heteroatoms. The highest BCUT2D eigenvalue weighted by molar-refractivity contribution is 9.09. The fourth-order valence-corrected chi connectivity index (χ4v) is 2.64. The third kappa shape index (κ3) is 3.00. The Morgan fingerprint density at radius 1 is 1.47 bits per heavy atom. The maximum Gasteiger partial charge on any atom is 0.224 e. The molecule has 1 heterocycles. The number of nitrogens with zero attached hydrogens (tertiary/aromatic N) is 1. The Labute approximate surface area is 110 Å². The molecule has 0 bridgehead atoms. The highest BCUT2D eigenvalue weighted by Crippen LogP contribution is 2.24. The number of para-hydroxylation sites is 1. The summed E-state index contributed by atoms with van der Waals surface area (Å²) in [4.78, 5) is 13.9. The highest BCUT2D eigenvalue weighted by Gasteiger charge is 2.27. The molecule has 1 aliphatic rings. The van der Waals surface area contributed by atoms with Crippen LogP contribution in [0.4, 0.5) is 0 Å². The molecule has 0 N–H and O–H groups in total. The Morgan fingerprint density at radius 3 is 2.88 bits per heavy atom. The van der Waals surface area contributed by atoms with Gasteiger partial charge in [-0.2, -0.15) is 0 Å². The first-order valence-corrected chi connectivity index (χ1v) is 6.74. The first kappa shape index (κ1) is 12.4. The van der Waals surface area contributed by atoms with E-state index in [9.17, 15) is 4.79 Å². The van der Waals surface area contributed by atoms with Gasteiger partial charge in [-0.15, -0.1) is 0 Å². The summed E-state index contributed by atoms with van der Waals surface area (Å²) in [5.74, 6) is 1.08. The number of hydrogen-bond donors (Lipinski definition) is 0. The van der Waals surface area contributed by atoms with Crippen LogP contribution < -0.4 is 4.74 Å². The van der Waals surface area contributed by atoms with Crippen LogP contribution in [0, 0.1) is 0 Å². The molecule has 0 radical (unpaired) electrons. The number of halogens is 1. The molecule has 0 aliphatic carbocycles. The summed E-state index contributed by atoms with van der Waals surface area (Å²) < 4.78 is 5.56. The molecule has 2 rings (SSSR count). The van der Waals surface area contributed by atoms with Crippen LogP contribution in [-0.2, 0) is 11.3 Å². The van der Waals surface area contributed by atoms with Gasteiger partial charge in [-0.25, -0.2) is 0 Å². The van der Waals surface area contributed by atoms with Gasteiger partial charge in [-0.3, -0.25) is 4.79 Å². The number of likely N-dealkylation sites (tertiary alicyclic amines) is 1. The van der Waals surface area contributed by atoms with Gasteiger partial charge in [0.2, 0.25) is 5.91 Å². The third-order valence-corrected chi connectivity index (χ3v) is 3.41. The van der Waals surface area contributed by atoms with Crippen molar-refractivity contribution in [3.05, 3.63) is 29.8 Å². The maximum atomic E-state index is 11.7. The molecule has 1 aromatic carbocycles. The van der Waals surface area contributed by atoms with Crippen LogP contribution in [-0.4, -0.2) is 28.8 Å². The van der Waals surface area contributed by atoms with Crippen LogP contribution in [0.15, 0.2) is 24.3 Å². The Kier molecular flexibility index (Phi) is 4.05. The average molecular weight is 298 g/mol. The second-order valence-corrected chi connectivity index (χ2v) is 5.41. The SMILES string of the molecule is CCOc1ccccc1CN1CC(Br)CC1=O. The smallest absolute Gasteiger partial charge is 0.224 e. The van der Waals surface area contributed by atoms with Crippen LogP contribution in [0.3, 0.4) is 0 Å². The van der Waals surface area contributed by atoms with Crippen LogP contribution in [0.5, 0.6) is 5.75 Å². The molecule has 0 spiro atoms. The van der Waals surface area contributed by atoms with Crippen LogP contribution in [0.25, 0.3) is 0 Å². The second-order valence-electron chi connectivity index (χ2n) is 4.12. The van der Waals surface area contributed by atoms with Crippen LogP contribution in [0.1, 0.15) is 18.9 Å². The first-order valence-electron chi connectivity index (χ1n) is 5.83. The van der Waals surface area contributed by atoms with Gasteiger partial charge in [0, 0.05) is 29.9 Å². The number of alkyl halides is 1. The van der Waals surface area contributed by atoms with Gasteiger partial charge in [0.05, 0.1) is 6.61 Å². The molecule has 1 atom stereocenters. The van der Waals surface area contributed by atoms with Gasteiger partial charge in [-0.1, -0.05) is 34.1 Å². The summed E-state index contributed by atoms with van der Waals surface area (Å²) in [5, 5.41) is 0. The van der Waals surface area contributed by atoms with Gasteiger partial charge in [0.25, 0.3) is 0 Å². The van der Waals surface area contributed by atoms with Crippen molar-refractivity contribution < 1.29 is 9.53 Å². The van der Waals surface area contributed by atoms with E-state index < -0.39 is 0 Å². The van der Waals surface area contributed by atoms with Gasteiger partial charge in [-0.05, 0) is 13.0 Å². The number of benzene rings is 1. The second kappa shape index (κ2) is 5.54. The molecular formula is C13H16BrNO2. The Balaban J connectivity index is 2.10. The van der Waals surface area contributed by atoms with E-state index in [2.05, 4.69) is 15.9 Å².